The summed E-state index contributed by atoms with van der Waals surface area (Å²) in [4.78, 5) is 0. The zero-order valence-corrected chi connectivity index (χ0v) is 12.6. The van der Waals surface area contributed by atoms with Crippen molar-refractivity contribution < 1.29 is 8.42 Å². The van der Waals surface area contributed by atoms with E-state index in [1.54, 1.807) is 0 Å². The average molecular weight is 285 g/mol. The van der Waals surface area contributed by atoms with Crippen LogP contribution in [0.5, 0.6) is 0 Å². The van der Waals surface area contributed by atoms with Gasteiger partial charge in [0.15, 0.2) is 0 Å². The molecule has 0 bridgehead atoms. The summed E-state index contributed by atoms with van der Waals surface area (Å²) in [5.41, 5.74) is 8.73. The summed E-state index contributed by atoms with van der Waals surface area (Å²) in [5, 5.41) is 0. The number of nitrogens with one attached hydrogen (secondary N) is 1. The van der Waals surface area contributed by atoms with Gasteiger partial charge in [-0.2, -0.15) is 0 Å². The van der Waals surface area contributed by atoms with E-state index in [0.717, 1.165) is 12.8 Å². The van der Waals surface area contributed by atoms with E-state index in [-0.39, 0.29) is 17.2 Å². The fourth-order valence-corrected chi connectivity index (χ4v) is 3.47. The van der Waals surface area contributed by atoms with Crippen LogP contribution in [0.3, 0.4) is 0 Å². The van der Waals surface area contributed by atoms with E-state index in [1.807, 2.05) is 16.8 Å². The number of nitrogens with two attached hydrogens (primary N) is 1. The lowest BCUT2D eigenvalue weighted by molar-refractivity contribution is 0.275. The van der Waals surface area contributed by atoms with Crippen molar-refractivity contribution in [2.24, 2.45) is 11.1 Å². The third kappa shape index (κ3) is 3.19. The molecule has 1 unspecified atom stereocenters. The third-order valence-electron chi connectivity index (χ3n) is 3.84. The molecule has 5 nitrogen and oxygen atoms in total. The largest absolute Gasteiger partial charge is 0.350 e. The van der Waals surface area contributed by atoms with Crippen LogP contribution in [0.15, 0.2) is 12.3 Å². The quantitative estimate of drug-likeness (QED) is 0.866. The van der Waals surface area contributed by atoms with E-state index in [9.17, 15) is 8.42 Å². The summed E-state index contributed by atoms with van der Waals surface area (Å²) >= 11 is 0. The highest BCUT2D eigenvalue weighted by Gasteiger charge is 2.32. The molecule has 108 valence electrons. The van der Waals surface area contributed by atoms with Crippen molar-refractivity contribution in [1.82, 2.24) is 9.29 Å². The minimum Gasteiger partial charge on any atom is -0.350 e. The number of sulfonamides is 1. The molecule has 0 saturated carbocycles. The minimum absolute atomic E-state index is 0.0564. The number of hydrogen-bond acceptors (Lipinski definition) is 3. The van der Waals surface area contributed by atoms with E-state index in [1.165, 1.54) is 18.3 Å². The van der Waals surface area contributed by atoms with Crippen LogP contribution in [0.1, 0.15) is 37.6 Å². The van der Waals surface area contributed by atoms with Crippen molar-refractivity contribution in [2.45, 2.75) is 39.3 Å². The molecule has 0 radical (unpaired) electrons. The van der Waals surface area contributed by atoms with Crippen molar-refractivity contribution in [3.63, 3.8) is 0 Å². The number of fused-ring (bicyclic) bond motifs is 1. The SMILES string of the molecule is CNS(=O)(=O)CCn1ccc2c1CC(C)(C)CC2N. The van der Waals surface area contributed by atoms with Gasteiger partial charge in [-0.1, -0.05) is 13.8 Å². The monoisotopic (exact) mass is 285 g/mol. The number of aryl methyl sites for hydroxylation is 1. The topological polar surface area (TPSA) is 77.1 Å². The molecular formula is C13H23N3O2S. The molecule has 0 fully saturated rings. The molecule has 1 aromatic heterocycles. The zero-order valence-electron chi connectivity index (χ0n) is 11.8. The highest BCUT2D eigenvalue weighted by atomic mass is 32.2. The molecule has 1 atom stereocenters. The lowest BCUT2D eigenvalue weighted by Gasteiger charge is -2.34. The van der Waals surface area contributed by atoms with Crippen molar-refractivity contribution in [3.8, 4) is 0 Å². The Morgan fingerprint density at radius 1 is 1.53 bits per heavy atom. The molecule has 3 N–H and O–H groups in total. The van der Waals surface area contributed by atoms with Crippen LogP contribution in [0.2, 0.25) is 0 Å². The van der Waals surface area contributed by atoms with E-state index < -0.39 is 10.0 Å². The number of aromatic nitrogens is 1. The third-order valence-corrected chi connectivity index (χ3v) is 5.19. The second kappa shape index (κ2) is 4.92. The summed E-state index contributed by atoms with van der Waals surface area (Å²) in [6, 6.07) is 2.09. The van der Waals surface area contributed by atoms with Gasteiger partial charge in [0.2, 0.25) is 10.0 Å². The van der Waals surface area contributed by atoms with Crippen molar-refractivity contribution >= 4 is 10.0 Å². The summed E-state index contributed by atoms with van der Waals surface area (Å²) in [6.07, 6.45) is 3.87. The predicted molar refractivity (Wildman–Crippen MR) is 76.3 cm³/mol. The predicted octanol–water partition coefficient (Wildman–Crippen LogP) is 1.01. The fourth-order valence-electron chi connectivity index (χ4n) is 2.82. The van der Waals surface area contributed by atoms with Gasteiger partial charge in [-0.05, 0) is 36.9 Å². The highest BCUT2D eigenvalue weighted by molar-refractivity contribution is 7.89. The van der Waals surface area contributed by atoms with Crippen molar-refractivity contribution in [2.75, 3.05) is 12.8 Å². The number of rotatable bonds is 4. The summed E-state index contributed by atoms with van der Waals surface area (Å²) in [7, 11) is -1.72. The first-order valence-electron chi connectivity index (χ1n) is 6.59. The van der Waals surface area contributed by atoms with Crippen LogP contribution in [-0.2, 0) is 23.0 Å². The molecule has 0 aliphatic heterocycles. The second-order valence-corrected chi connectivity index (χ2v) is 8.13. The van der Waals surface area contributed by atoms with E-state index in [2.05, 4.69) is 18.6 Å². The first-order chi connectivity index (χ1) is 8.74. The normalized spacial score (nSPS) is 22.2. The standard InChI is InChI=1S/C13H23N3O2S/c1-13(2)8-11(14)10-4-5-16(12(10)9-13)6-7-19(17,18)15-3/h4-5,11,15H,6-9,14H2,1-3H3. The Balaban J connectivity index is 2.21. The maximum Gasteiger partial charge on any atom is 0.213 e. The molecular weight excluding hydrogens is 262 g/mol. The Hall–Kier alpha value is -0.850. The van der Waals surface area contributed by atoms with Gasteiger partial charge in [0.1, 0.15) is 0 Å². The molecule has 19 heavy (non-hydrogen) atoms. The fraction of sp³-hybridized carbons (Fsp3) is 0.692. The summed E-state index contributed by atoms with van der Waals surface area (Å²) in [6.45, 7) is 4.89. The molecule has 0 spiro atoms. The lowest BCUT2D eigenvalue weighted by atomic mass is 9.74. The second-order valence-electron chi connectivity index (χ2n) is 6.09. The maximum atomic E-state index is 11.5. The van der Waals surface area contributed by atoms with Crippen LogP contribution in [0.25, 0.3) is 0 Å². The van der Waals surface area contributed by atoms with Crippen LogP contribution < -0.4 is 10.5 Å². The van der Waals surface area contributed by atoms with Crippen LogP contribution in [0.4, 0.5) is 0 Å². The maximum absolute atomic E-state index is 11.5. The lowest BCUT2D eigenvalue weighted by Crippen LogP contribution is -2.31. The van der Waals surface area contributed by atoms with Crippen LogP contribution >= 0.6 is 0 Å². The van der Waals surface area contributed by atoms with Gasteiger partial charge in [0.05, 0.1) is 5.75 Å². The minimum atomic E-state index is -3.17. The number of nitrogens with zero attached hydrogens (tertiary/aromatic N) is 1. The van der Waals surface area contributed by atoms with E-state index in [0.29, 0.717) is 6.54 Å². The van der Waals surface area contributed by atoms with Gasteiger partial charge in [0, 0.05) is 24.5 Å². The van der Waals surface area contributed by atoms with Gasteiger partial charge in [-0.25, -0.2) is 13.1 Å². The molecule has 1 aliphatic carbocycles. The molecule has 1 aromatic rings. The molecule has 1 aliphatic rings. The van der Waals surface area contributed by atoms with Gasteiger partial charge < -0.3 is 10.3 Å². The Morgan fingerprint density at radius 2 is 2.21 bits per heavy atom. The van der Waals surface area contributed by atoms with E-state index >= 15 is 0 Å². The molecule has 1 heterocycles. The van der Waals surface area contributed by atoms with Crippen molar-refractivity contribution in [3.05, 3.63) is 23.5 Å². The average Bonchev–Trinajstić information content (AvgIpc) is 2.68. The Labute approximate surface area is 115 Å². The van der Waals surface area contributed by atoms with E-state index in [4.69, 9.17) is 5.73 Å². The summed E-state index contributed by atoms with van der Waals surface area (Å²) < 4.78 is 27.4. The first-order valence-corrected chi connectivity index (χ1v) is 8.24. The Kier molecular flexibility index (Phi) is 3.77. The molecule has 0 aromatic carbocycles. The first kappa shape index (κ1) is 14.6. The molecule has 6 heteroatoms. The Morgan fingerprint density at radius 3 is 2.84 bits per heavy atom. The molecule has 0 saturated heterocycles. The summed E-state index contributed by atoms with van der Waals surface area (Å²) in [5.74, 6) is 0.0975. The van der Waals surface area contributed by atoms with Gasteiger partial charge in [-0.3, -0.25) is 0 Å². The number of hydrogen-bond donors (Lipinski definition) is 2. The van der Waals surface area contributed by atoms with Gasteiger partial charge in [-0.15, -0.1) is 0 Å². The zero-order chi connectivity index (χ0) is 14.3. The van der Waals surface area contributed by atoms with Gasteiger partial charge in [0.25, 0.3) is 0 Å². The van der Waals surface area contributed by atoms with Gasteiger partial charge >= 0.3 is 0 Å². The van der Waals surface area contributed by atoms with Crippen molar-refractivity contribution in [1.29, 1.82) is 0 Å². The molecule has 2 rings (SSSR count). The van der Waals surface area contributed by atoms with Crippen LogP contribution in [-0.4, -0.2) is 25.8 Å². The Bertz CT molecular complexity index is 560. The highest BCUT2D eigenvalue weighted by Crippen LogP contribution is 2.39. The molecule has 0 amide bonds. The smallest absolute Gasteiger partial charge is 0.213 e. The van der Waals surface area contributed by atoms with Crippen LogP contribution in [0, 0.1) is 5.41 Å².